The van der Waals surface area contributed by atoms with E-state index in [-0.39, 0.29) is 59.9 Å². The summed E-state index contributed by atoms with van der Waals surface area (Å²) in [6.07, 6.45) is 6.93. The SMILES string of the molecule is C/C(=C\C=C\SC=N)C1CC2OC2(C)CCCC2C(O)C(C)C(=O)C3C(CC(=O)N1)N23. The lowest BCUT2D eigenvalue weighted by molar-refractivity contribution is -0.131. The molecule has 170 valence electrons. The van der Waals surface area contributed by atoms with Gasteiger partial charge >= 0.3 is 0 Å². The first-order chi connectivity index (χ1) is 14.8. The quantitative estimate of drug-likeness (QED) is 0.264. The van der Waals surface area contributed by atoms with Gasteiger partial charge in [0.1, 0.15) is 0 Å². The molecule has 4 heterocycles. The van der Waals surface area contributed by atoms with Crippen molar-refractivity contribution < 1.29 is 19.4 Å². The zero-order chi connectivity index (χ0) is 22.3. The molecule has 9 atom stereocenters. The second kappa shape index (κ2) is 8.81. The van der Waals surface area contributed by atoms with Crippen LogP contribution in [0.1, 0.15) is 52.9 Å². The highest BCUT2D eigenvalue weighted by Gasteiger charge is 2.63. The van der Waals surface area contributed by atoms with E-state index in [0.717, 1.165) is 31.3 Å². The Morgan fingerprint density at radius 1 is 1.39 bits per heavy atom. The van der Waals surface area contributed by atoms with Gasteiger partial charge in [-0.3, -0.25) is 14.5 Å². The normalized spacial score (nSPS) is 45.5. The number of nitrogens with zero attached hydrogens (tertiary/aromatic N) is 1. The van der Waals surface area contributed by atoms with Crippen molar-refractivity contribution in [3.63, 3.8) is 0 Å². The number of hydrogen-bond donors (Lipinski definition) is 3. The Balaban J connectivity index is 1.53. The van der Waals surface area contributed by atoms with Crippen molar-refractivity contribution in [2.24, 2.45) is 5.92 Å². The molecule has 31 heavy (non-hydrogen) atoms. The molecule has 3 N–H and O–H groups in total. The van der Waals surface area contributed by atoms with Gasteiger partial charge in [-0.15, -0.1) is 0 Å². The molecule has 7 nitrogen and oxygen atoms in total. The number of ketones is 1. The number of ether oxygens (including phenoxy) is 1. The van der Waals surface area contributed by atoms with Crippen LogP contribution in [0.15, 0.2) is 23.1 Å². The van der Waals surface area contributed by atoms with Crippen molar-refractivity contribution in [2.75, 3.05) is 0 Å². The van der Waals surface area contributed by atoms with Crippen LogP contribution in [0.4, 0.5) is 0 Å². The Hall–Kier alpha value is -1.48. The van der Waals surface area contributed by atoms with Crippen molar-refractivity contribution in [2.45, 2.75) is 94.9 Å². The molecule has 4 saturated heterocycles. The number of fused-ring (bicyclic) bond motifs is 2. The third-order valence-electron chi connectivity index (χ3n) is 7.53. The Morgan fingerprint density at radius 2 is 2.16 bits per heavy atom. The molecule has 0 aromatic rings. The molecular weight excluding hydrogens is 414 g/mol. The minimum absolute atomic E-state index is 0.0626. The lowest BCUT2D eigenvalue weighted by Gasteiger charge is -2.33. The van der Waals surface area contributed by atoms with Crippen molar-refractivity contribution >= 4 is 29.0 Å². The molecular formula is C23H33N3O4S. The van der Waals surface area contributed by atoms with Crippen LogP contribution < -0.4 is 5.32 Å². The fourth-order valence-electron chi connectivity index (χ4n) is 5.45. The summed E-state index contributed by atoms with van der Waals surface area (Å²) in [5.41, 5.74) is 2.11. The molecule has 0 spiro atoms. The maximum Gasteiger partial charge on any atom is 0.222 e. The third kappa shape index (κ3) is 4.53. The van der Waals surface area contributed by atoms with E-state index < -0.39 is 6.10 Å². The third-order valence-corrected chi connectivity index (χ3v) is 7.98. The van der Waals surface area contributed by atoms with Gasteiger partial charge in [0.05, 0.1) is 35.4 Å². The van der Waals surface area contributed by atoms with Gasteiger partial charge in [0.15, 0.2) is 5.78 Å². The van der Waals surface area contributed by atoms with Gasteiger partial charge in [0.25, 0.3) is 0 Å². The number of aliphatic hydroxyl groups excluding tert-OH is 1. The molecule has 0 radical (unpaired) electrons. The van der Waals surface area contributed by atoms with Gasteiger partial charge in [0.2, 0.25) is 5.91 Å². The molecule has 9 unspecified atom stereocenters. The van der Waals surface area contributed by atoms with Crippen LogP contribution in [0.3, 0.4) is 0 Å². The highest BCUT2D eigenvalue weighted by atomic mass is 32.2. The number of thioether (sulfide) groups is 1. The minimum atomic E-state index is -0.672. The molecule has 1 amide bonds. The monoisotopic (exact) mass is 447 g/mol. The number of Topliss-reactive ketones (excluding diaryl/α,β-unsaturated/α-hetero) is 1. The summed E-state index contributed by atoms with van der Waals surface area (Å²) >= 11 is 1.29. The number of aliphatic hydroxyl groups is 1. The van der Waals surface area contributed by atoms with E-state index in [1.807, 2.05) is 31.4 Å². The van der Waals surface area contributed by atoms with E-state index >= 15 is 0 Å². The molecule has 4 aliphatic heterocycles. The Labute approximate surface area is 188 Å². The number of rotatable bonds is 4. The molecule has 8 heteroatoms. The van der Waals surface area contributed by atoms with Crippen LogP contribution in [0, 0.1) is 11.3 Å². The standard InChI is InChI=1S/C23H33N3O4S/c1-13(6-5-9-31-12-24)15-10-18-23(3,30-18)8-4-7-16-21(28)14(2)22(29)20-17(26(16)20)11-19(27)25-15/h5-6,9,12,14-18,20-21,24,28H,4,7-8,10-11H2,1-3H3,(H,25,27)/b9-5+,13-6+,24-12?. The summed E-state index contributed by atoms with van der Waals surface area (Å²) in [7, 11) is 0. The number of carbonyl (C=O) groups excluding carboxylic acids is 2. The summed E-state index contributed by atoms with van der Waals surface area (Å²) in [4.78, 5) is 27.7. The van der Waals surface area contributed by atoms with Gasteiger partial charge in [-0.1, -0.05) is 36.4 Å². The van der Waals surface area contributed by atoms with Gasteiger partial charge in [-0.2, -0.15) is 0 Å². The van der Waals surface area contributed by atoms with Gasteiger partial charge < -0.3 is 20.6 Å². The average Bonchev–Trinajstić information content (AvgIpc) is 3.60. The van der Waals surface area contributed by atoms with Crippen LogP contribution in [-0.2, 0) is 14.3 Å². The molecule has 0 saturated carbocycles. The van der Waals surface area contributed by atoms with Gasteiger partial charge in [-0.05, 0) is 38.5 Å². The second-order valence-electron chi connectivity index (χ2n) is 9.57. The highest BCUT2D eigenvalue weighted by molar-refractivity contribution is 8.14. The number of nitrogens with one attached hydrogen (secondary N) is 2. The number of hydrogen-bond acceptors (Lipinski definition) is 7. The average molecular weight is 448 g/mol. The number of piperidine rings is 1. The van der Waals surface area contributed by atoms with Gasteiger partial charge in [0, 0.05) is 30.8 Å². The van der Waals surface area contributed by atoms with E-state index in [1.54, 1.807) is 0 Å². The van der Waals surface area contributed by atoms with Crippen LogP contribution >= 0.6 is 11.8 Å². The summed E-state index contributed by atoms with van der Waals surface area (Å²) in [5.74, 6) is -0.380. The molecule has 0 aromatic carbocycles. The van der Waals surface area contributed by atoms with Gasteiger partial charge in [-0.25, -0.2) is 0 Å². The Morgan fingerprint density at radius 3 is 2.90 bits per heavy atom. The number of carbonyl (C=O) groups is 2. The van der Waals surface area contributed by atoms with E-state index in [2.05, 4.69) is 17.1 Å². The largest absolute Gasteiger partial charge is 0.391 e. The van der Waals surface area contributed by atoms with E-state index in [4.69, 9.17) is 10.1 Å². The topological polar surface area (TPSA) is 106 Å². The summed E-state index contributed by atoms with van der Waals surface area (Å²) < 4.78 is 6.05. The van der Waals surface area contributed by atoms with Crippen molar-refractivity contribution in [3.8, 4) is 0 Å². The first kappa shape index (κ1) is 22.7. The van der Waals surface area contributed by atoms with Crippen molar-refractivity contribution in [1.82, 2.24) is 10.2 Å². The fraction of sp³-hybridized carbons (Fsp3) is 0.696. The Bertz CT molecular complexity index is 815. The van der Waals surface area contributed by atoms with Crippen LogP contribution in [0.25, 0.3) is 0 Å². The lowest BCUT2D eigenvalue weighted by Crippen LogP contribution is -2.48. The lowest BCUT2D eigenvalue weighted by atomic mass is 9.85. The van der Waals surface area contributed by atoms with E-state index in [9.17, 15) is 14.7 Å². The molecule has 0 aromatic heterocycles. The maximum atomic E-state index is 12.9. The number of amides is 1. The highest BCUT2D eigenvalue weighted by Crippen LogP contribution is 2.47. The molecule has 0 bridgehead atoms. The first-order valence-corrected chi connectivity index (χ1v) is 12.1. The van der Waals surface area contributed by atoms with Crippen LogP contribution in [-0.4, -0.2) is 69.2 Å². The zero-order valence-corrected chi connectivity index (χ0v) is 19.2. The fourth-order valence-corrected chi connectivity index (χ4v) is 5.70. The molecule has 4 fully saturated rings. The summed E-state index contributed by atoms with van der Waals surface area (Å²) in [6, 6.07) is -0.533. The predicted molar refractivity (Wildman–Crippen MR) is 121 cm³/mol. The Kier molecular flexibility index (Phi) is 6.45. The number of epoxide rings is 1. The summed E-state index contributed by atoms with van der Waals surface area (Å²) in [5, 5.41) is 22.8. The van der Waals surface area contributed by atoms with E-state index in [0.29, 0.717) is 0 Å². The van der Waals surface area contributed by atoms with E-state index in [1.165, 1.54) is 17.3 Å². The van der Waals surface area contributed by atoms with Crippen molar-refractivity contribution in [1.29, 1.82) is 5.41 Å². The molecule has 4 rings (SSSR count). The smallest absolute Gasteiger partial charge is 0.222 e. The first-order valence-electron chi connectivity index (χ1n) is 11.2. The zero-order valence-electron chi connectivity index (χ0n) is 18.4. The maximum absolute atomic E-state index is 12.9. The molecule has 0 aliphatic carbocycles. The number of allylic oxidation sites excluding steroid dienone is 2. The second-order valence-corrected chi connectivity index (χ2v) is 10.4. The predicted octanol–water partition coefficient (Wildman–Crippen LogP) is 2.39. The van der Waals surface area contributed by atoms with Crippen LogP contribution in [0.5, 0.6) is 0 Å². The minimum Gasteiger partial charge on any atom is -0.391 e. The van der Waals surface area contributed by atoms with Crippen molar-refractivity contribution in [3.05, 3.63) is 23.1 Å². The molecule has 4 aliphatic rings. The summed E-state index contributed by atoms with van der Waals surface area (Å²) in [6.45, 7) is 5.94. The van der Waals surface area contributed by atoms with Crippen LogP contribution in [0.2, 0.25) is 0 Å².